The van der Waals surface area contributed by atoms with E-state index in [-0.39, 0.29) is 23.9 Å². The van der Waals surface area contributed by atoms with Crippen molar-refractivity contribution in [3.05, 3.63) is 91.0 Å². The summed E-state index contributed by atoms with van der Waals surface area (Å²) in [5, 5.41) is 2.72. The van der Waals surface area contributed by atoms with Gasteiger partial charge in [-0.2, -0.15) is 4.31 Å². The van der Waals surface area contributed by atoms with Gasteiger partial charge in [0.2, 0.25) is 15.9 Å². The lowest BCUT2D eigenvalue weighted by molar-refractivity contribution is -0.111. The van der Waals surface area contributed by atoms with Gasteiger partial charge in [-0.15, -0.1) is 13.2 Å². The number of nitrogens with one attached hydrogen (secondary N) is 1. The maximum atomic E-state index is 12.7. The van der Waals surface area contributed by atoms with Gasteiger partial charge in [0.05, 0.1) is 4.90 Å². The van der Waals surface area contributed by atoms with E-state index in [1.807, 2.05) is 31.2 Å². The van der Waals surface area contributed by atoms with Gasteiger partial charge in [-0.1, -0.05) is 42.0 Å². The molecule has 2 rings (SSSR count). The van der Waals surface area contributed by atoms with E-state index in [2.05, 4.69) is 18.5 Å². The van der Waals surface area contributed by atoms with E-state index >= 15 is 0 Å². The lowest BCUT2D eigenvalue weighted by atomic mass is 10.1. The smallest absolute Gasteiger partial charge is 0.248 e. The summed E-state index contributed by atoms with van der Waals surface area (Å²) in [6.07, 6.45) is 6.20. The molecule has 0 heterocycles. The second kappa shape index (κ2) is 9.82. The van der Waals surface area contributed by atoms with Gasteiger partial charge in [0.15, 0.2) is 0 Å². The van der Waals surface area contributed by atoms with Crippen molar-refractivity contribution < 1.29 is 13.2 Å². The fourth-order valence-electron chi connectivity index (χ4n) is 2.45. The van der Waals surface area contributed by atoms with Crippen molar-refractivity contribution in [1.82, 2.24) is 4.31 Å². The number of hydrogen-bond donors (Lipinski definition) is 1. The van der Waals surface area contributed by atoms with E-state index in [1.54, 1.807) is 18.2 Å². The molecule has 0 bridgehead atoms. The lowest BCUT2D eigenvalue weighted by Crippen LogP contribution is -2.31. The van der Waals surface area contributed by atoms with Crippen molar-refractivity contribution in [3.63, 3.8) is 0 Å². The van der Waals surface area contributed by atoms with Gasteiger partial charge >= 0.3 is 0 Å². The molecule has 2 aromatic rings. The first-order valence-corrected chi connectivity index (χ1v) is 10.2. The third-order valence-electron chi connectivity index (χ3n) is 3.93. The standard InChI is InChI=1S/C22H24N2O3S/c1-4-16-24(17-5-2)28(26,27)21-13-11-20(12-14-21)23-22(25)15-10-19-8-6-18(3)7-9-19/h4-15H,1-2,16-17H2,3H3,(H,23,25)/b15-10-. The Morgan fingerprint density at radius 3 is 2.11 bits per heavy atom. The van der Waals surface area contributed by atoms with Gasteiger partial charge in [0.1, 0.15) is 0 Å². The van der Waals surface area contributed by atoms with E-state index in [4.69, 9.17) is 0 Å². The Bertz CT molecular complexity index is 950. The van der Waals surface area contributed by atoms with Crippen LogP contribution in [0.15, 0.2) is 84.8 Å². The van der Waals surface area contributed by atoms with Crippen molar-refractivity contribution in [2.75, 3.05) is 18.4 Å². The van der Waals surface area contributed by atoms with Gasteiger partial charge < -0.3 is 5.32 Å². The highest BCUT2D eigenvalue weighted by atomic mass is 32.2. The molecular weight excluding hydrogens is 372 g/mol. The fourth-order valence-corrected chi connectivity index (χ4v) is 3.83. The predicted molar refractivity (Wildman–Crippen MR) is 114 cm³/mol. The van der Waals surface area contributed by atoms with Crippen LogP contribution < -0.4 is 5.32 Å². The third kappa shape index (κ3) is 5.77. The average molecular weight is 397 g/mol. The van der Waals surface area contributed by atoms with Crippen LogP contribution in [0.5, 0.6) is 0 Å². The van der Waals surface area contributed by atoms with Crippen LogP contribution in [0.2, 0.25) is 0 Å². The number of benzene rings is 2. The molecular formula is C22H24N2O3S. The minimum atomic E-state index is -3.66. The third-order valence-corrected chi connectivity index (χ3v) is 5.78. The number of aryl methyl sites for hydroxylation is 1. The highest BCUT2D eigenvalue weighted by molar-refractivity contribution is 7.89. The maximum Gasteiger partial charge on any atom is 0.248 e. The number of carbonyl (C=O) groups is 1. The van der Waals surface area contributed by atoms with Crippen molar-refractivity contribution in [2.45, 2.75) is 11.8 Å². The molecule has 146 valence electrons. The summed E-state index contributed by atoms with van der Waals surface area (Å²) in [5.74, 6) is -0.295. The van der Waals surface area contributed by atoms with Crippen LogP contribution in [0.4, 0.5) is 5.69 Å². The summed E-state index contributed by atoms with van der Waals surface area (Å²) < 4.78 is 26.6. The predicted octanol–water partition coefficient (Wildman–Crippen LogP) is 4.01. The van der Waals surface area contributed by atoms with Crippen LogP contribution in [0.25, 0.3) is 6.08 Å². The van der Waals surface area contributed by atoms with Gasteiger partial charge in [0, 0.05) is 24.9 Å². The van der Waals surface area contributed by atoms with Crippen LogP contribution in [-0.4, -0.2) is 31.7 Å². The Labute approximate surface area is 166 Å². The Hall–Kier alpha value is -2.96. The minimum Gasteiger partial charge on any atom is -0.323 e. The highest BCUT2D eigenvalue weighted by Crippen LogP contribution is 2.18. The monoisotopic (exact) mass is 396 g/mol. The summed E-state index contributed by atoms with van der Waals surface area (Å²) in [5.41, 5.74) is 2.58. The van der Waals surface area contributed by atoms with E-state index in [0.29, 0.717) is 5.69 Å². The molecule has 0 radical (unpaired) electrons. The van der Waals surface area contributed by atoms with Crippen molar-refractivity contribution in [2.24, 2.45) is 0 Å². The molecule has 0 saturated heterocycles. The first-order valence-electron chi connectivity index (χ1n) is 8.74. The summed E-state index contributed by atoms with van der Waals surface area (Å²) in [4.78, 5) is 12.2. The Kier molecular flexibility index (Phi) is 7.49. The maximum absolute atomic E-state index is 12.7. The second-order valence-electron chi connectivity index (χ2n) is 6.16. The summed E-state index contributed by atoms with van der Waals surface area (Å²) >= 11 is 0. The molecule has 0 aliphatic rings. The highest BCUT2D eigenvalue weighted by Gasteiger charge is 2.22. The zero-order valence-electron chi connectivity index (χ0n) is 15.8. The van der Waals surface area contributed by atoms with Crippen LogP contribution in [-0.2, 0) is 14.8 Å². The number of carbonyl (C=O) groups excluding carboxylic acids is 1. The van der Waals surface area contributed by atoms with Gasteiger partial charge in [0.25, 0.3) is 0 Å². The van der Waals surface area contributed by atoms with E-state index in [0.717, 1.165) is 11.1 Å². The van der Waals surface area contributed by atoms with Crippen LogP contribution in [0.1, 0.15) is 11.1 Å². The molecule has 28 heavy (non-hydrogen) atoms. The molecule has 0 aliphatic carbocycles. The topological polar surface area (TPSA) is 66.5 Å². The van der Waals surface area contributed by atoms with Crippen molar-refractivity contribution in [3.8, 4) is 0 Å². The molecule has 0 saturated carbocycles. The number of rotatable bonds is 9. The molecule has 0 aliphatic heterocycles. The normalized spacial score (nSPS) is 11.5. The van der Waals surface area contributed by atoms with Crippen molar-refractivity contribution in [1.29, 1.82) is 0 Å². The molecule has 0 fully saturated rings. The average Bonchev–Trinajstić information content (AvgIpc) is 2.68. The Morgan fingerprint density at radius 2 is 1.57 bits per heavy atom. The molecule has 0 spiro atoms. The first kappa shape index (κ1) is 21.3. The second-order valence-corrected chi connectivity index (χ2v) is 8.09. The number of sulfonamides is 1. The summed E-state index contributed by atoms with van der Waals surface area (Å²) in [6, 6.07) is 13.8. The molecule has 6 heteroatoms. The summed E-state index contributed by atoms with van der Waals surface area (Å²) in [7, 11) is -3.66. The van der Waals surface area contributed by atoms with E-state index < -0.39 is 10.0 Å². The van der Waals surface area contributed by atoms with Crippen LogP contribution >= 0.6 is 0 Å². The Balaban J connectivity index is 2.07. The SMILES string of the molecule is C=CCN(CC=C)S(=O)(=O)c1ccc(NC(=O)/C=C\c2ccc(C)cc2)cc1. The minimum absolute atomic E-state index is 0.143. The van der Waals surface area contributed by atoms with Crippen molar-refractivity contribution >= 4 is 27.7 Å². The van der Waals surface area contributed by atoms with Crippen LogP contribution in [0, 0.1) is 6.92 Å². The molecule has 5 nitrogen and oxygen atoms in total. The number of nitrogens with zero attached hydrogens (tertiary/aromatic N) is 1. The van der Waals surface area contributed by atoms with Gasteiger partial charge in [-0.25, -0.2) is 8.42 Å². The molecule has 1 amide bonds. The molecule has 2 aromatic carbocycles. The molecule has 1 N–H and O–H groups in total. The van der Waals surface area contributed by atoms with Gasteiger partial charge in [-0.05, 0) is 42.8 Å². The molecule has 0 aromatic heterocycles. The molecule has 0 unspecified atom stereocenters. The quantitative estimate of drug-likeness (QED) is 0.514. The largest absolute Gasteiger partial charge is 0.323 e. The first-order chi connectivity index (χ1) is 13.4. The Morgan fingerprint density at radius 1 is 1.00 bits per heavy atom. The number of anilines is 1. The fraction of sp³-hybridized carbons (Fsp3) is 0.136. The zero-order chi connectivity index (χ0) is 20.6. The number of hydrogen-bond acceptors (Lipinski definition) is 3. The number of amides is 1. The van der Waals surface area contributed by atoms with E-state index in [9.17, 15) is 13.2 Å². The zero-order valence-corrected chi connectivity index (χ0v) is 16.7. The van der Waals surface area contributed by atoms with E-state index in [1.165, 1.54) is 34.7 Å². The summed E-state index contributed by atoms with van der Waals surface area (Å²) in [6.45, 7) is 9.55. The molecule has 0 atom stereocenters. The van der Waals surface area contributed by atoms with Crippen LogP contribution in [0.3, 0.4) is 0 Å². The van der Waals surface area contributed by atoms with Gasteiger partial charge in [-0.3, -0.25) is 4.79 Å². The lowest BCUT2D eigenvalue weighted by Gasteiger charge is -2.19.